The molecule has 1 fully saturated rings. The van der Waals surface area contributed by atoms with Crippen LogP contribution in [-0.2, 0) is 0 Å². The van der Waals surface area contributed by atoms with Gasteiger partial charge in [-0.1, -0.05) is 17.7 Å². The zero-order valence-electron chi connectivity index (χ0n) is 9.95. The third kappa shape index (κ3) is 2.45. The SMILES string of the molecule is Cc1c(Cl)cccc1C(=O)N1CCC(CN)C1. The summed E-state index contributed by atoms with van der Waals surface area (Å²) >= 11 is 6.03. The third-order valence-corrected chi connectivity index (χ3v) is 3.81. The highest BCUT2D eigenvalue weighted by Crippen LogP contribution is 2.23. The number of nitrogens with two attached hydrogens (primary N) is 1. The van der Waals surface area contributed by atoms with E-state index in [1.54, 1.807) is 6.07 Å². The van der Waals surface area contributed by atoms with Crippen LogP contribution in [0.2, 0.25) is 5.02 Å². The molecule has 1 saturated heterocycles. The lowest BCUT2D eigenvalue weighted by atomic mass is 10.1. The van der Waals surface area contributed by atoms with Gasteiger partial charge in [-0.25, -0.2) is 0 Å². The molecule has 1 aliphatic heterocycles. The van der Waals surface area contributed by atoms with E-state index in [0.717, 1.165) is 25.1 Å². The van der Waals surface area contributed by atoms with Crippen molar-refractivity contribution in [2.24, 2.45) is 11.7 Å². The highest BCUT2D eigenvalue weighted by atomic mass is 35.5. The summed E-state index contributed by atoms with van der Waals surface area (Å²) in [7, 11) is 0. The van der Waals surface area contributed by atoms with Crippen LogP contribution in [0.5, 0.6) is 0 Å². The number of nitrogens with zero attached hydrogens (tertiary/aromatic N) is 1. The zero-order chi connectivity index (χ0) is 12.4. The number of rotatable bonds is 2. The quantitative estimate of drug-likeness (QED) is 0.876. The maximum atomic E-state index is 12.3. The first-order chi connectivity index (χ1) is 8.13. The molecule has 0 saturated carbocycles. The molecular weight excluding hydrogens is 236 g/mol. The van der Waals surface area contributed by atoms with E-state index in [4.69, 9.17) is 17.3 Å². The predicted octanol–water partition coefficient (Wildman–Crippen LogP) is 2.07. The second kappa shape index (κ2) is 5.07. The molecule has 1 heterocycles. The van der Waals surface area contributed by atoms with Crippen molar-refractivity contribution >= 4 is 17.5 Å². The standard InChI is InChI=1S/C13H17ClN2O/c1-9-11(3-2-4-12(9)14)13(17)16-6-5-10(7-15)8-16/h2-4,10H,5-8,15H2,1H3. The first-order valence-corrected chi connectivity index (χ1v) is 6.25. The molecule has 0 radical (unpaired) electrons. The van der Waals surface area contributed by atoms with Gasteiger partial charge in [0.1, 0.15) is 0 Å². The van der Waals surface area contributed by atoms with Gasteiger partial charge in [-0.2, -0.15) is 0 Å². The molecule has 92 valence electrons. The third-order valence-electron chi connectivity index (χ3n) is 3.40. The molecule has 17 heavy (non-hydrogen) atoms. The van der Waals surface area contributed by atoms with Crippen LogP contribution in [0.1, 0.15) is 22.3 Å². The molecule has 0 bridgehead atoms. The summed E-state index contributed by atoms with van der Waals surface area (Å²) in [4.78, 5) is 14.2. The number of benzene rings is 1. The van der Waals surface area contributed by atoms with E-state index >= 15 is 0 Å². The normalized spacial score (nSPS) is 19.7. The number of carbonyl (C=O) groups excluding carboxylic acids is 1. The Labute approximate surface area is 107 Å². The van der Waals surface area contributed by atoms with Crippen LogP contribution in [0.4, 0.5) is 0 Å². The Morgan fingerprint density at radius 3 is 3.00 bits per heavy atom. The minimum Gasteiger partial charge on any atom is -0.338 e. The number of likely N-dealkylation sites (tertiary alicyclic amines) is 1. The minimum atomic E-state index is 0.0703. The number of hydrogen-bond acceptors (Lipinski definition) is 2. The number of amides is 1. The van der Waals surface area contributed by atoms with E-state index in [-0.39, 0.29) is 5.91 Å². The van der Waals surface area contributed by atoms with Crippen molar-refractivity contribution in [3.05, 3.63) is 34.3 Å². The second-order valence-corrected chi connectivity index (χ2v) is 4.96. The largest absolute Gasteiger partial charge is 0.338 e. The Hall–Kier alpha value is -1.06. The molecule has 0 aliphatic carbocycles. The van der Waals surface area contributed by atoms with Gasteiger partial charge in [0.05, 0.1) is 0 Å². The summed E-state index contributed by atoms with van der Waals surface area (Å²) in [5.74, 6) is 0.513. The number of hydrogen-bond donors (Lipinski definition) is 1. The second-order valence-electron chi connectivity index (χ2n) is 4.55. The minimum absolute atomic E-state index is 0.0703. The lowest BCUT2D eigenvalue weighted by Crippen LogP contribution is -2.30. The molecule has 4 heteroatoms. The van der Waals surface area contributed by atoms with Gasteiger partial charge < -0.3 is 10.6 Å². The van der Waals surface area contributed by atoms with Crippen LogP contribution in [0, 0.1) is 12.8 Å². The predicted molar refractivity (Wildman–Crippen MR) is 69.3 cm³/mol. The van der Waals surface area contributed by atoms with Crippen molar-refractivity contribution < 1.29 is 4.79 Å². The Balaban J connectivity index is 2.18. The topological polar surface area (TPSA) is 46.3 Å². The fourth-order valence-electron chi connectivity index (χ4n) is 2.22. The average Bonchev–Trinajstić information content (AvgIpc) is 2.80. The van der Waals surface area contributed by atoms with Crippen LogP contribution in [0.3, 0.4) is 0 Å². The van der Waals surface area contributed by atoms with Crippen molar-refractivity contribution in [1.29, 1.82) is 0 Å². The van der Waals surface area contributed by atoms with Gasteiger partial charge in [0.25, 0.3) is 5.91 Å². The molecule has 1 unspecified atom stereocenters. The molecule has 1 aromatic carbocycles. The molecule has 2 rings (SSSR count). The summed E-state index contributed by atoms with van der Waals surface area (Å²) in [6.45, 7) is 4.10. The van der Waals surface area contributed by atoms with Crippen LogP contribution in [-0.4, -0.2) is 30.4 Å². The average molecular weight is 253 g/mol. The highest BCUT2D eigenvalue weighted by molar-refractivity contribution is 6.31. The van der Waals surface area contributed by atoms with Crippen LogP contribution in [0.15, 0.2) is 18.2 Å². The first kappa shape index (κ1) is 12.4. The molecule has 1 atom stereocenters. The van der Waals surface area contributed by atoms with Crippen molar-refractivity contribution in [1.82, 2.24) is 4.90 Å². The van der Waals surface area contributed by atoms with Gasteiger partial charge >= 0.3 is 0 Å². The van der Waals surface area contributed by atoms with Gasteiger partial charge in [-0.05, 0) is 43.5 Å². The lowest BCUT2D eigenvalue weighted by Gasteiger charge is -2.18. The van der Waals surface area contributed by atoms with Gasteiger partial charge in [0, 0.05) is 23.7 Å². The van der Waals surface area contributed by atoms with E-state index in [9.17, 15) is 4.79 Å². The van der Waals surface area contributed by atoms with E-state index in [2.05, 4.69) is 0 Å². The Morgan fingerprint density at radius 2 is 2.35 bits per heavy atom. The van der Waals surface area contributed by atoms with E-state index in [1.165, 1.54) is 0 Å². The molecule has 3 nitrogen and oxygen atoms in total. The number of halogens is 1. The fraction of sp³-hybridized carbons (Fsp3) is 0.462. The van der Waals surface area contributed by atoms with Gasteiger partial charge in [0.15, 0.2) is 0 Å². The van der Waals surface area contributed by atoms with E-state index < -0.39 is 0 Å². The van der Waals surface area contributed by atoms with Crippen molar-refractivity contribution in [3.8, 4) is 0 Å². The molecule has 0 spiro atoms. The summed E-state index contributed by atoms with van der Waals surface area (Å²) in [5.41, 5.74) is 7.19. The maximum absolute atomic E-state index is 12.3. The van der Waals surface area contributed by atoms with Crippen LogP contribution < -0.4 is 5.73 Å². The molecule has 1 aromatic rings. The first-order valence-electron chi connectivity index (χ1n) is 5.88. The maximum Gasteiger partial charge on any atom is 0.254 e. The number of carbonyl (C=O) groups is 1. The van der Waals surface area contributed by atoms with Crippen LogP contribution >= 0.6 is 11.6 Å². The Kier molecular flexibility index (Phi) is 3.69. The van der Waals surface area contributed by atoms with Gasteiger partial charge in [0.2, 0.25) is 0 Å². The van der Waals surface area contributed by atoms with E-state index in [1.807, 2.05) is 24.0 Å². The Bertz CT molecular complexity index is 433. The summed E-state index contributed by atoms with van der Waals surface area (Å²) in [6.07, 6.45) is 1.00. The fourth-order valence-corrected chi connectivity index (χ4v) is 2.39. The molecular formula is C13H17ClN2O. The molecule has 0 aromatic heterocycles. The highest BCUT2D eigenvalue weighted by Gasteiger charge is 2.26. The summed E-state index contributed by atoms with van der Waals surface area (Å²) in [5, 5.41) is 0.644. The lowest BCUT2D eigenvalue weighted by molar-refractivity contribution is 0.0787. The van der Waals surface area contributed by atoms with Crippen molar-refractivity contribution in [2.45, 2.75) is 13.3 Å². The van der Waals surface area contributed by atoms with Gasteiger partial charge in [-0.3, -0.25) is 4.79 Å². The molecule has 1 amide bonds. The Morgan fingerprint density at radius 1 is 1.59 bits per heavy atom. The summed E-state index contributed by atoms with van der Waals surface area (Å²) in [6, 6.07) is 5.46. The van der Waals surface area contributed by atoms with Crippen molar-refractivity contribution in [3.63, 3.8) is 0 Å². The molecule has 1 aliphatic rings. The summed E-state index contributed by atoms with van der Waals surface area (Å²) < 4.78 is 0. The van der Waals surface area contributed by atoms with Crippen LogP contribution in [0.25, 0.3) is 0 Å². The van der Waals surface area contributed by atoms with Crippen molar-refractivity contribution in [2.75, 3.05) is 19.6 Å². The molecule has 2 N–H and O–H groups in total. The monoisotopic (exact) mass is 252 g/mol. The van der Waals surface area contributed by atoms with E-state index in [0.29, 0.717) is 23.0 Å². The zero-order valence-corrected chi connectivity index (χ0v) is 10.7. The smallest absolute Gasteiger partial charge is 0.254 e. The van der Waals surface area contributed by atoms with Gasteiger partial charge in [-0.15, -0.1) is 0 Å².